The van der Waals surface area contributed by atoms with E-state index < -0.39 is 0 Å². The summed E-state index contributed by atoms with van der Waals surface area (Å²) in [7, 11) is 0. The number of nitrogens with zero attached hydrogens (tertiary/aromatic N) is 4. The number of rotatable bonds is 4. The zero-order valence-electron chi connectivity index (χ0n) is 25.8. The van der Waals surface area contributed by atoms with Gasteiger partial charge in [-0.1, -0.05) is 103 Å². The molecule has 0 unspecified atom stereocenters. The molecule has 0 aliphatic heterocycles. The summed E-state index contributed by atoms with van der Waals surface area (Å²) in [4.78, 5) is 3.71. The third-order valence-electron chi connectivity index (χ3n) is 9.38. The predicted octanol–water partition coefficient (Wildman–Crippen LogP) is 11.6. The molecule has 9 aromatic rings. The lowest BCUT2D eigenvalue weighted by atomic mass is 9.90. The van der Waals surface area contributed by atoms with E-state index in [1.54, 1.807) is 0 Å². The van der Waals surface area contributed by atoms with E-state index in [0.717, 1.165) is 66.5 Å². The van der Waals surface area contributed by atoms with Gasteiger partial charge in [0.05, 0.1) is 46.0 Å². The van der Waals surface area contributed by atoms with Crippen LogP contribution in [0.3, 0.4) is 0 Å². The minimum atomic E-state index is 0.616. The Labute approximate surface area is 277 Å². The van der Waals surface area contributed by atoms with Crippen LogP contribution in [0.5, 0.6) is 0 Å². The number of hydrogen-bond donors (Lipinski definition) is 0. The van der Waals surface area contributed by atoms with Crippen LogP contribution in [0.4, 0.5) is 5.69 Å². The monoisotopic (exact) mass is 610 g/mol. The topological polar surface area (TPSA) is 38.0 Å². The smallest absolute Gasteiger partial charge is 0.188 e. The summed E-state index contributed by atoms with van der Waals surface area (Å²) in [6.07, 6.45) is 0. The van der Waals surface area contributed by atoms with E-state index >= 15 is 0 Å². The molecule has 0 spiro atoms. The van der Waals surface area contributed by atoms with Gasteiger partial charge >= 0.3 is 0 Å². The summed E-state index contributed by atoms with van der Waals surface area (Å²) in [5, 5.41) is 15.0. The normalized spacial score (nSPS) is 11.3. The molecule has 2 aromatic heterocycles. The van der Waals surface area contributed by atoms with Crippen molar-refractivity contribution in [2.75, 3.05) is 0 Å². The molecule has 222 valence electrons. The summed E-state index contributed by atoms with van der Waals surface area (Å²) in [6.45, 7) is 7.62. The van der Waals surface area contributed by atoms with E-state index in [9.17, 15) is 5.26 Å². The van der Waals surface area contributed by atoms with Crippen LogP contribution >= 0.6 is 0 Å². The highest BCUT2D eigenvalue weighted by atomic mass is 15.0. The quantitative estimate of drug-likeness (QED) is 0.183. The lowest BCUT2D eigenvalue weighted by Gasteiger charge is -2.18. The summed E-state index contributed by atoms with van der Waals surface area (Å²) >= 11 is 0. The first-order valence-electron chi connectivity index (χ1n) is 15.9. The molecule has 0 fully saturated rings. The minimum Gasteiger partial charge on any atom is -0.309 e. The van der Waals surface area contributed by atoms with Gasteiger partial charge < -0.3 is 9.13 Å². The van der Waals surface area contributed by atoms with E-state index in [4.69, 9.17) is 6.57 Å². The molecule has 7 aromatic carbocycles. The van der Waals surface area contributed by atoms with Gasteiger partial charge in [0.15, 0.2) is 5.69 Å². The Bertz CT molecular complexity index is 2760. The Morgan fingerprint density at radius 1 is 0.500 bits per heavy atom. The average molecular weight is 611 g/mol. The molecular weight excluding hydrogens is 585 g/mol. The maximum Gasteiger partial charge on any atom is 0.188 e. The van der Waals surface area contributed by atoms with Crippen molar-refractivity contribution < 1.29 is 0 Å². The van der Waals surface area contributed by atoms with Crippen LogP contribution in [0, 0.1) is 17.9 Å². The second-order valence-corrected chi connectivity index (χ2v) is 11.9. The van der Waals surface area contributed by atoms with Gasteiger partial charge in [-0.2, -0.15) is 5.26 Å². The highest BCUT2D eigenvalue weighted by Crippen LogP contribution is 2.42. The lowest BCUT2D eigenvalue weighted by Crippen LogP contribution is -1.99. The van der Waals surface area contributed by atoms with Gasteiger partial charge in [0.1, 0.15) is 0 Å². The van der Waals surface area contributed by atoms with E-state index in [1.165, 1.54) is 10.8 Å². The second-order valence-electron chi connectivity index (χ2n) is 11.9. The standard InChI is InChI=1S/C44H26N4/c1-46-31-24-25-43-38(27-31)36-18-5-9-23-42(36)48(43)41-22-8-4-17-35(41)37-19-11-13-30(28-45)44(37)29-12-10-14-32(26-29)47-39-20-6-2-15-33(39)34-16-3-7-21-40(34)47/h2-27H. The molecule has 0 aliphatic carbocycles. The summed E-state index contributed by atoms with van der Waals surface area (Å²) < 4.78 is 4.59. The first kappa shape index (κ1) is 27.4. The van der Waals surface area contributed by atoms with Gasteiger partial charge in [0.2, 0.25) is 0 Å². The van der Waals surface area contributed by atoms with E-state index in [1.807, 2.05) is 36.4 Å². The van der Waals surface area contributed by atoms with Crippen LogP contribution in [0.1, 0.15) is 5.56 Å². The number of aromatic nitrogens is 2. The molecule has 0 saturated carbocycles. The number of nitriles is 1. The van der Waals surface area contributed by atoms with E-state index in [0.29, 0.717) is 11.3 Å². The van der Waals surface area contributed by atoms with Crippen molar-refractivity contribution in [1.29, 1.82) is 5.26 Å². The van der Waals surface area contributed by atoms with Crippen molar-refractivity contribution in [2.24, 2.45) is 0 Å². The molecule has 0 aliphatic rings. The molecule has 0 saturated heterocycles. The van der Waals surface area contributed by atoms with Gasteiger partial charge in [-0.3, -0.25) is 0 Å². The first-order chi connectivity index (χ1) is 23.7. The van der Waals surface area contributed by atoms with Crippen LogP contribution < -0.4 is 0 Å². The fourth-order valence-corrected chi connectivity index (χ4v) is 7.37. The third-order valence-corrected chi connectivity index (χ3v) is 9.38. The van der Waals surface area contributed by atoms with E-state index in [-0.39, 0.29) is 0 Å². The molecule has 0 bridgehead atoms. The maximum absolute atomic E-state index is 10.5. The van der Waals surface area contributed by atoms with Crippen LogP contribution in [0.15, 0.2) is 158 Å². The SMILES string of the molecule is [C-]#[N+]c1ccc2c(c1)c1ccccc1n2-c1ccccc1-c1cccc(C#N)c1-c1cccc(-n2c3ccccc3c3ccccc32)c1. The Balaban J connectivity index is 1.30. The molecule has 0 N–H and O–H groups in total. The predicted molar refractivity (Wildman–Crippen MR) is 197 cm³/mol. The van der Waals surface area contributed by atoms with Crippen LogP contribution in [0.2, 0.25) is 0 Å². The van der Waals surface area contributed by atoms with Crippen molar-refractivity contribution in [3.8, 4) is 39.7 Å². The number of hydrogen-bond acceptors (Lipinski definition) is 1. The maximum atomic E-state index is 10.5. The largest absolute Gasteiger partial charge is 0.309 e. The number of benzene rings is 7. The van der Waals surface area contributed by atoms with Gasteiger partial charge in [-0.25, -0.2) is 4.85 Å². The molecule has 2 heterocycles. The summed E-state index contributed by atoms with van der Waals surface area (Å²) in [6, 6.07) is 56.7. The fourth-order valence-electron chi connectivity index (χ4n) is 7.37. The van der Waals surface area contributed by atoms with Crippen LogP contribution in [-0.2, 0) is 0 Å². The molecule has 4 nitrogen and oxygen atoms in total. The first-order valence-corrected chi connectivity index (χ1v) is 15.9. The Hall–Kier alpha value is -6.88. The average Bonchev–Trinajstić information content (AvgIpc) is 3.67. The number of para-hydroxylation sites is 4. The number of fused-ring (bicyclic) bond motifs is 6. The molecule has 0 atom stereocenters. The summed E-state index contributed by atoms with van der Waals surface area (Å²) in [5.41, 5.74) is 11.5. The van der Waals surface area contributed by atoms with Gasteiger partial charge in [-0.15, -0.1) is 0 Å². The summed E-state index contributed by atoms with van der Waals surface area (Å²) in [5.74, 6) is 0. The highest BCUT2D eigenvalue weighted by Gasteiger charge is 2.20. The van der Waals surface area contributed by atoms with Crippen molar-refractivity contribution in [2.45, 2.75) is 0 Å². The Morgan fingerprint density at radius 2 is 1.08 bits per heavy atom. The fraction of sp³-hybridized carbons (Fsp3) is 0. The second kappa shape index (κ2) is 10.9. The molecule has 9 rings (SSSR count). The molecule has 4 heteroatoms. The Kier molecular flexibility index (Phi) is 6.22. The van der Waals surface area contributed by atoms with Gasteiger partial charge in [0, 0.05) is 33.0 Å². The molecule has 48 heavy (non-hydrogen) atoms. The molecule has 0 radical (unpaired) electrons. The zero-order valence-corrected chi connectivity index (χ0v) is 25.8. The Morgan fingerprint density at radius 3 is 1.79 bits per heavy atom. The van der Waals surface area contributed by atoms with Crippen molar-refractivity contribution in [3.05, 3.63) is 175 Å². The van der Waals surface area contributed by atoms with Gasteiger partial charge in [0.25, 0.3) is 0 Å². The van der Waals surface area contributed by atoms with Crippen LogP contribution in [0.25, 0.3) is 82.1 Å². The van der Waals surface area contributed by atoms with Gasteiger partial charge in [-0.05, 0) is 71.1 Å². The molecule has 0 amide bonds. The van der Waals surface area contributed by atoms with E-state index in [2.05, 4.69) is 141 Å². The van der Waals surface area contributed by atoms with Crippen molar-refractivity contribution in [3.63, 3.8) is 0 Å². The van der Waals surface area contributed by atoms with Crippen molar-refractivity contribution in [1.82, 2.24) is 9.13 Å². The van der Waals surface area contributed by atoms with Crippen LogP contribution in [-0.4, -0.2) is 9.13 Å². The molecular formula is C44H26N4. The lowest BCUT2D eigenvalue weighted by molar-refractivity contribution is 1.18. The third kappa shape index (κ3) is 4.07. The zero-order chi connectivity index (χ0) is 32.2. The highest BCUT2D eigenvalue weighted by molar-refractivity contribution is 6.11. The van der Waals surface area contributed by atoms with Crippen molar-refractivity contribution >= 4 is 49.3 Å². The minimum absolute atomic E-state index is 0.616.